The summed E-state index contributed by atoms with van der Waals surface area (Å²) < 4.78 is 24.5. The van der Waals surface area contributed by atoms with E-state index in [2.05, 4.69) is 31.9 Å². The van der Waals surface area contributed by atoms with Crippen molar-refractivity contribution in [2.75, 3.05) is 0 Å². The van der Waals surface area contributed by atoms with Crippen molar-refractivity contribution in [3.8, 4) is 0 Å². The highest BCUT2D eigenvalue weighted by atomic mass is 79.9. The first-order valence-electron chi connectivity index (χ1n) is 4.21. The number of fused-ring (bicyclic) bond motifs is 2. The number of alkyl halides is 4. The molecule has 0 heterocycles. The van der Waals surface area contributed by atoms with Crippen LogP contribution in [0.2, 0.25) is 0 Å². The molecule has 68 valence electrons. The predicted octanol–water partition coefficient (Wildman–Crippen LogP) is 3.39. The minimum Gasteiger partial charge on any atom is -0.231 e. The van der Waals surface area contributed by atoms with Crippen molar-refractivity contribution in [1.29, 1.82) is 0 Å². The van der Waals surface area contributed by atoms with E-state index >= 15 is 0 Å². The minimum absolute atomic E-state index is 0.0777. The van der Waals surface area contributed by atoms with Gasteiger partial charge in [0.05, 0.1) is 0 Å². The zero-order valence-corrected chi connectivity index (χ0v) is 9.41. The SMILES string of the molecule is FC1(Br)C2CC3C(CC21)C3(F)Br. The normalized spacial score (nSPS) is 73.0. The molecule has 4 unspecified atom stereocenters. The molecule has 3 rings (SSSR count). The van der Waals surface area contributed by atoms with Gasteiger partial charge in [0.2, 0.25) is 0 Å². The van der Waals surface area contributed by atoms with Crippen LogP contribution in [0.25, 0.3) is 0 Å². The van der Waals surface area contributed by atoms with Crippen LogP contribution in [0.15, 0.2) is 0 Å². The van der Waals surface area contributed by atoms with Gasteiger partial charge in [-0.3, -0.25) is 0 Å². The zero-order chi connectivity index (χ0) is 8.72. The van der Waals surface area contributed by atoms with E-state index in [9.17, 15) is 8.78 Å². The van der Waals surface area contributed by atoms with Crippen LogP contribution in [0.4, 0.5) is 8.78 Å². The Morgan fingerprint density at radius 3 is 1.33 bits per heavy atom. The van der Waals surface area contributed by atoms with Crippen LogP contribution in [0.3, 0.4) is 0 Å². The summed E-state index contributed by atoms with van der Waals surface area (Å²) in [6, 6.07) is 0. The molecule has 0 nitrogen and oxygen atoms in total. The Kier molecular flexibility index (Phi) is 1.31. The first-order chi connectivity index (χ1) is 5.45. The third-order valence-corrected chi connectivity index (χ3v) is 6.10. The topological polar surface area (TPSA) is 0 Å². The van der Waals surface area contributed by atoms with Crippen LogP contribution in [0, 0.1) is 23.7 Å². The molecule has 3 saturated carbocycles. The van der Waals surface area contributed by atoms with Crippen molar-refractivity contribution in [2.24, 2.45) is 23.7 Å². The number of rotatable bonds is 0. The summed E-state index contributed by atoms with van der Waals surface area (Å²) in [6.07, 6.45) is 1.41. The lowest BCUT2D eigenvalue weighted by Crippen LogP contribution is -1.97. The molecule has 0 radical (unpaired) electrons. The molecule has 0 aromatic carbocycles. The van der Waals surface area contributed by atoms with Crippen molar-refractivity contribution < 1.29 is 8.78 Å². The van der Waals surface area contributed by atoms with Gasteiger partial charge in [0, 0.05) is 23.7 Å². The summed E-state index contributed by atoms with van der Waals surface area (Å²) in [7, 11) is 0. The third-order valence-electron chi connectivity index (χ3n) is 3.75. The fourth-order valence-electron chi connectivity index (χ4n) is 2.75. The van der Waals surface area contributed by atoms with Gasteiger partial charge in [-0.15, -0.1) is 0 Å². The van der Waals surface area contributed by atoms with Crippen molar-refractivity contribution >= 4 is 31.9 Å². The van der Waals surface area contributed by atoms with Crippen LogP contribution in [0.5, 0.6) is 0 Å². The summed E-state index contributed by atoms with van der Waals surface area (Å²) in [5, 5.41) is 0. The summed E-state index contributed by atoms with van der Waals surface area (Å²) in [4.78, 5) is 0. The predicted molar refractivity (Wildman–Crippen MR) is 48.7 cm³/mol. The lowest BCUT2D eigenvalue weighted by molar-refractivity contribution is 0.356. The van der Waals surface area contributed by atoms with Gasteiger partial charge in [0.25, 0.3) is 0 Å². The molecule has 0 aromatic rings. The lowest BCUT2D eigenvalue weighted by atomic mass is 10.0. The van der Waals surface area contributed by atoms with E-state index in [0.717, 1.165) is 0 Å². The van der Waals surface area contributed by atoms with E-state index in [4.69, 9.17) is 0 Å². The molecular formula is C8H8Br2F2. The monoisotopic (exact) mass is 300 g/mol. The third kappa shape index (κ3) is 0.770. The second kappa shape index (κ2) is 1.92. The highest BCUT2D eigenvalue weighted by Crippen LogP contribution is 2.77. The maximum atomic E-state index is 13.4. The highest BCUT2D eigenvalue weighted by Gasteiger charge is 2.78. The minimum atomic E-state index is -1.15. The summed E-state index contributed by atoms with van der Waals surface area (Å²) >= 11 is 6.12. The maximum Gasteiger partial charge on any atom is 0.171 e. The molecule has 4 atom stereocenters. The van der Waals surface area contributed by atoms with Crippen LogP contribution >= 0.6 is 31.9 Å². The van der Waals surface area contributed by atoms with Gasteiger partial charge in [-0.2, -0.15) is 0 Å². The van der Waals surface area contributed by atoms with E-state index in [1.54, 1.807) is 0 Å². The Labute approximate surface area is 86.3 Å². The molecule has 0 saturated heterocycles. The van der Waals surface area contributed by atoms with Crippen molar-refractivity contribution in [1.82, 2.24) is 0 Å². The first-order valence-corrected chi connectivity index (χ1v) is 5.80. The molecular weight excluding hydrogens is 294 g/mol. The quantitative estimate of drug-likeness (QED) is 0.602. The van der Waals surface area contributed by atoms with Crippen LogP contribution in [0.1, 0.15) is 12.8 Å². The van der Waals surface area contributed by atoms with Crippen molar-refractivity contribution in [3.63, 3.8) is 0 Å². The van der Waals surface area contributed by atoms with E-state index in [1.807, 2.05) is 0 Å². The first kappa shape index (κ1) is 8.16. The zero-order valence-electron chi connectivity index (χ0n) is 6.24. The standard InChI is InChI=1S/C8H8Br2F2/c9-7(11)3-1-4-6(2-5(3)7)8(4,10)12/h3-6H,1-2H2. The molecule has 0 bridgehead atoms. The molecule has 3 aliphatic rings. The highest BCUT2D eigenvalue weighted by molar-refractivity contribution is 9.10. The smallest absolute Gasteiger partial charge is 0.171 e. The summed E-state index contributed by atoms with van der Waals surface area (Å²) in [6.45, 7) is 0. The molecule has 3 fully saturated rings. The van der Waals surface area contributed by atoms with E-state index in [1.165, 1.54) is 0 Å². The van der Waals surface area contributed by atoms with Crippen molar-refractivity contribution in [2.45, 2.75) is 22.0 Å². The molecule has 0 spiro atoms. The fraction of sp³-hybridized carbons (Fsp3) is 1.00. The molecule has 3 aliphatic carbocycles. The van der Waals surface area contributed by atoms with Gasteiger partial charge in [-0.1, -0.05) is 0 Å². The summed E-state index contributed by atoms with van der Waals surface area (Å²) in [5.41, 5.74) is 0. The largest absolute Gasteiger partial charge is 0.231 e. The molecule has 12 heavy (non-hydrogen) atoms. The Bertz CT molecular complexity index is 205. The molecule has 0 amide bonds. The van der Waals surface area contributed by atoms with Gasteiger partial charge < -0.3 is 0 Å². The number of hydrogen-bond acceptors (Lipinski definition) is 0. The fourth-order valence-corrected chi connectivity index (χ4v) is 4.51. The van der Waals surface area contributed by atoms with E-state index in [0.29, 0.717) is 12.8 Å². The lowest BCUT2D eigenvalue weighted by Gasteiger charge is -2.01. The van der Waals surface area contributed by atoms with Gasteiger partial charge in [-0.05, 0) is 44.7 Å². The Hall–Kier alpha value is 0.820. The Morgan fingerprint density at radius 2 is 1.08 bits per heavy atom. The maximum absolute atomic E-state index is 13.4. The van der Waals surface area contributed by atoms with Crippen LogP contribution in [-0.4, -0.2) is 9.16 Å². The number of hydrogen-bond donors (Lipinski definition) is 0. The molecule has 0 N–H and O–H groups in total. The van der Waals surface area contributed by atoms with E-state index in [-0.39, 0.29) is 23.7 Å². The van der Waals surface area contributed by atoms with E-state index < -0.39 is 9.16 Å². The molecule has 0 aliphatic heterocycles. The molecule has 4 heteroatoms. The Balaban J connectivity index is 1.80. The summed E-state index contributed by atoms with van der Waals surface area (Å²) in [5.74, 6) is 0.311. The number of halogens is 4. The van der Waals surface area contributed by atoms with Gasteiger partial charge >= 0.3 is 0 Å². The van der Waals surface area contributed by atoms with Gasteiger partial charge in [-0.25, -0.2) is 8.78 Å². The second-order valence-electron chi connectivity index (χ2n) is 4.25. The second-order valence-corrected chi connectivity index (χ2v) is 6.68. The average Bonchev–Trinajstić information content (AvgIpc) is 2.72. The van der Waals surface area contributed by atoms with Crippen molar-refractivity contribution in [3.05, 3.63) is 0 Å². The Morgan fingerprint density at radius 1 is 0.833 bits per heavy atom. The van der Waals surface area contributed by atoms with Crippen LogP contribution in [-0.2, 0) is 0 Å². The average molecular weight is 302 g/mol. The van der Waals surface area contributed by atoms with Gasteiger partial charge in [0.1, 0.15) is 0 Å². The van der Waals surface area contributed by atoms with Gasteiger partial charge in [0.15, 0.2) is 9.16 Å². The molecule has 0 aromatic heterocycles. The van der Waals surface area contributed by atoms with Crippen LogP contribution < -0.4 is 0 Å².